The highest BCUT2D eigenvalue weighted by Crippen LogP contribution is 2.41. The minimum absolute atomic E-state index is 0.361. The molecule has 0 bridgehead atoms. The number of nitrogens with zero attached hydrogens (tertiary/aromatic N) is 4. The van der Waals surface area contributed by atoms with Crippen molar-refractivity contribution >= 4 is 33.3 Å². The fourth-order valence-corrected chi connectivity index (χ4v) is 7.39. The molecule has 0 aromatic carbocycles. The third-order valence-corrected chi connectivity index (χ3v) is 9.26. The number of rotatable bonds is 7. The van der Waals surface area contributed by atoms with E-state index in [9.17, 15) is 4.79 Å². The second kappa shape index (κ2) is 10.3. The van der Waals surface area contributed by atoms with Gasteiger partial charge in [0.25, 0.3) is 0 Å². The molecule has 1 saturated carbocycles. The topological polar surface area (TPSA) is 49.3 Å². The summed E-state index contributed by atoms with van der Waals surface area (Å²) >= 11 is 1.91. The van der Waals surface area contributed by atoms with Gasteiger partial charge in [0, 0.05) is 43.9 Å². The Hall–Kier alpha value is -1.69. The quantitative estimate of drug-likeness (QED) is 0.517. The maximum absolute atomic E-state index is 12.8. The number of thiophene rings is 1. The summed E-state index contributed by atoms with van der Waals surface area (Å²) in [5, 5.41) is 1.32. The molecule has 1 amide bonds. The van der Waals surface area contributed by atoms with Gasteiger partial charge in [0.15, 0.2) is 0 Å². The molecule has 0 radical (unpaired) electrons. The van der Waals surface area contributed by atoms with Crippen molar-refractivity contribution in [1.82, 2.24) is 14.9 Å². The lowest BCUT2D eigenvalue weighted by Crippen LogP contribution is -2.49. The van der Waals surface area contributed by atoms with Crippen molar-refractivity contribution in [2.24, 2.45) is 11.8 Å². The molecule has 6 heteroatoms. The molecule has 33 heavy (non-hydrogen) atoms. The molecule has 0 spiro atoms. The van der Waals surface area contributed by atoms with Crippen molar-refractivity contribution in [2.75, 3.05) is 31.1 Å². The van der Waals surface area contributed by atoms with Crippen molar-refractivity contribution < 1.29 is 4.79 Å². The van der Waals surface area contributed by atoms with E-state index in [-0.39, 0.29) is 0 Å². The average Bonchev–Trinajstić information content (AvgIpc) is 3.48. The van der Waals surface area contributed by atoms with E-state index in [2.05, 4.69) is 23.6 Å². The fraction of sp³-hybridized carbons (Fsp3) is 0.741. The van der Waals surface area contributed by atoms with E-state index in [0.29, 0.717) is 5.91 Å². The summed E-state index contributed by atoms with van der Waals surface area (Å²) in [6.45, 7) is 8.01. The molecule has 2 aromatic rings. The Morgan fingerprint density at radius 3 is 2.64 bits per heavy atom. The third-order valence-electron chi connectivity index (χ3n) is 8.11. The maximum Gasteiger partial charge on any atom is 0.222 e. The highest BCUT2D eigenvalue weighted by atomic mass is 32.1. The smallest absolute Gasteiger partial charge is 0.222 e. The summed E-state index contributed by atoms with van der Waals surface area (Å²) in [5.74, 6) is 4.07. The van der Waals surface area contributed by atoms with Crippen LogP contribution in [0, 0.1) is 11.8 Å². The Labute approximate surface area is 203 Å². The molecule has 3 heterocycles. The standard InChI is InChI=1S/C27H40N4OS/c1-3-4-9-23-28-26(25-21-12-10-19(2)18-22(21)33-27(25)29-23)31-16-14-30(15-17-31)24(32)13-11-20-7-5-6-8-20/h19-20H,3-18H2,1-2H3/t19-/m1/s1. The molecule has 2 aliphatic carbocycles. The predicted octanol–water partition coefficient (Wildman–Crippen LogP) is 5.78. The van der Waals surface area contributed by atoms with Gasteiger partial charge in [-0.05, 0) is 49.5 Å². The zero-order chi connectivity index (χ0) is 22.8. The van der Waals surface area contributed by atoms with Crippen LogP contribution in [0.5, 0.6) is 0 Å². The number of hydrogen-bond donors (Lipinski definition) is 0. The zero-order valence-electron chi connectivity index (χ0n) is 20.6. The highest BCUT2D eigenvalue weighted by Gasteiger charge is 2.29. The van der Waals surface area contributed by atoms with Gasteiger partial charge in [0.1, 0.15) is 16.5 Å². The van der Waals surface area contributed by atoms with Crippen molar-refractivity contribution in [3.05, 3.63) is 16.3 Å². The first kappa shape index (κ1) is 23.1. The van der Waals surface area contributed by atoms with E-state index in [4.69, 9.17) is 9.97 Å². The normalized spacial score (nSPS) is 21.7. The molecule has 3 aliphatic rings. The molecule has 2 aromatic heterocycles. The van der Waals surface area contributed by atoms with Crippen LogP contribution >= 0.6 is 11.3 Å². The molecule has 0 unspecified atom stereocenters. The number of amides is 1. The number of carbonyl (C=O) groups excluding carboxylic acids is 1. The van der Waals surface area contributed by atoms with Crippen LogP contribution in [0.3, 0.4) is 0 Å². The SMILES string of the molecule is CCCCc1nc(N2CCN(C(=O)CCC3CCCC3)CC2)c2c3c(sc2n1)C[C@H](C)CC3. The Bertz CT molecular complexity index is 972. The molecule has 1 aliphatic heterocycles. The monoisotopic (exact) mass is 468 g/mol. The van der Waals surface area contributed by atoms with Crippen LogP contribution < -0.4 is 4.90 Å². The molecule has 0 N–H and O–H groups in total. The molecule has 5 nitrogen and oxygen atoms in total. The van der Waals surface area contributed by atoms with Crippen LogP contribution in [-0.2, 0) is 24.1 Å². The lowest BCUT2D eigenvalue weighted by molar-refractivity contribution is -0.131. The van der Waals surface area contributed by atoms with Crippen LogP contribution in [0.25, 0.3) is 10.2 Å². The Morgan fingerprint density at radius 1 is 1.09 bits per heavy atom. The van der Waals surface area contributed by atoms with Gasteiger partial charge in [-0.2, -0.15) is 0 Å². The van der Waals surface area contributed by atoms with Gasteiger partial charge in [0.05, 0.1) is 5.39 Å². The van der Waals surface area contributed by atoms with Crippen LogP contribution in [0.2, 0.25) is 0 Å². The van der Waals surface area contributed by atoms with Crippen LogP contribution in [-0.4, -0.2) is 47.0 Å². The van der Waals surface area contributed by atoms with Gasteiger partial charge in [-0.3, -0.25) is 4.79 Å². The Morgan fingerprint density at radius 2 is 1.88 bits per heavy atom. The number of fused-ring (bicyclic) bond motifs is 3. The van der Waals surface area contributed by atoms with Gasteiger partial charge in [-0.15, -0.1) is 11.3 Å². The van der Waals surface area contributed by atoms with Gasteiger partial charge >= 0.3 is 0 Å². The Kier molecular flexibility index (Phi) is 7.19. The molecule has 2 fully saturated rings. The first-order valence-corrected chi connectivity index (χ1v) is 14.3. The van der Waals surface area contributed by atoms with E-state index in [0.717, 1.165) is 88.2 Å². The summed E-state index contributed by atoms with van der Waals surface area (Å²) in [4.78, 5) is 30.3. The van der Waals surface area contributed by atoms with Crippen molar-refractivity contribution in [3.8, 4) is 0 Å². The second-order valence-electron chi connectivity index (χ2n) is 10.7. The predicted molar refractivity (Wildman–Crippen MR) is 137 cm³/mol. The number of unbranched alkanes of at least 4 members (excludes halogenated alkanes) is 1. The first-order valence-electron chi connectivity index (χ1n) is 13.5. The zero-order valence-corrected chi connectivity index (χ0v) is 21.4. The molecule has 1 atom stereocenters. The lowest BCUT2D eigenvalue weighted by atomic mass is 9.89. The minimum atomic E-state index is 0.361. The van der Waals surface area contributed by atoms with Crippen molar-refractivity contribution in [1.29, 1.82) is 0 Å². The lowest BCUT2D eigenvalue weighted by Gasteiger charge is -2.36. The van der Waals surface area contributed by atoms with Crippen LogP contribution in [0.1, 0.15) is 87.9 Å². The summed E-state index contributed by atoms with van der Waals surface area (Å²) < 4.78 is 0. The summed E-state index contributed by atoms with van der Waals surface area (Å²) in [6.07, 6.45) is 14.1. The van der Waals surface area contributed by atoms with E-state index >= 15 is 0 Å². The third kappa shape index (κ3) is 5.06. The van der Waals surface area contributed by atoms with Gasteiger partial charge in [0.2, 0.25) is 5.91 Å². The van der Waals surface area contributed by atoms with Crippen molar-refractivity contribution in [3.63, 3.8) is 0 Å². The average molecular weight is 469 g/mol. The molecule has 1 saturated heterocycles. The number of aryl methyl sites for hydroxylation is 2. The van der Waals surface area contributed by atoms with E-state index in [1.165, 1.54) is 59.2 Å². The number of aromatic nitrogens is 2. The highest BCUT2D eigenvalue weighted by molar-refractivity contribution is 7.19. The number of anilines is 1. The maximum atomic E-state index is 12.8. The van der Waals surface area contributed by atoms with Gasteiger partial charge in [-0.1, -0.05) is 46.0 Å². The number of piperazine rings is 1. The molecular weight excluding hydrogens is 428 g/mol. The minimum Gasteiger partial charge on any atom is -0.352 e. The summed E-state index contributed by atoms with van der Waals surface area (Å²) in [5.41, 5.74) is 1.51. The van der Waals surface area contributed by atoms with Gasteiger partial charge < -0.3 is 9.80 Å². The fourth-order valence-electron chi connectivity index (χ4n) is 5.99. The summed E-state index contributed by atoms with van der Waals surface area (Å²) in [6, 6.07) is 0. The van der Waals surface area contributed by atoms with Crippen LogP contribution in [0.4, 0.5) is 5.82 Å². The molecular formula is C27H40N4OS. The molecule has 5 rings (SSSR count). The number of hydrogen-bond acceptors (Lipinski definition) is 5. The van der Waals surface area contributed by atoms with E-state index < -0.39 is 0 Å². The largest absolute Gasteiger partial charge is 0.352 e. The van der Waals surface area contributed by atoms with E-state index in [1.54, 1.807) is 0 Å². The van der Waals surface area contributed by atoms with E-state index in [1.807, 2.05) is 11.3 Å². The number of carbonyl (C=O) groups is 1. The first-order chi connectivity index (χ1) is 16.1. The Balaban J connectivity index is 1.32. The summed E-state index contributed by atoms with van der Waals surface area (Å²) in [7, 11) is 0. The van der Waals surface area contributed by atoms with Crippen LogP contribution in [0.15, 0.2) is 0 Å². The van der Waals surface area contributed by atoms with Gasteiger partial charge in [-0.25, -0.2) is 9.97 Å². The van der Waals surface area contributed by atoms with Crippen molar-refractivity contribution in [2.45, 2.75) is 90.9 Å². The second-order valence-corrected chi connectivity index (χ2v) is 11.7. The molecule has 180 valence electrons.